The van der Waals surface area contributed by atoms with Crippen LogP contribution in [0.5, 0.6) is 0 Å². The summed E-state index contributed by atoms with van der Waals surface area (Å²) in [5, 5.41) is 1.14. The first-order valence-corrected chi connectivity index (χ1v) is 8.35. The molecule has 1 fully saturated rings. The molecule has 0 radical (unpaired) electrons. The lowest BCUT2D eigenvalue weighted by atomic mass is 9.94. The van der Waals surface area contributed by atoms with Gasteiger partial charge in [-0.3, -0.25) is 9.78 Å². The summed E-state index contributed by atoms with van der Waals surface area (Å²) in [5.41, 5.74) is 3.91. The zero-order valence-electron chi connectivity index (χ0n) is 13.7. The number of nitrogens with one attached hydrogen (secondary N) is 1. The quantitative estimate of drug-likeness (QED) is 0.788. The van der Waals surface area contributed by atoms with Crippen LogP contribution in [-0.2, 0) is 0 Å². The number of hydrogen-bond donors (Lipinski definition) is 1. The van der Waals surface area contributed by atoms with E-state index in [1.165, 1.54) is 5.69 Å². The third-order valence-corrected chi connectivity index (χ3v) is 4.68. The van der Waals surface area contributed by atoms with E-state index < -0.39 is 0 Å². The van der Waals surface area contributed by atoms with Crippen molar-refractivity contribution in [3.8, 4) is 0 Å². The molecule has 1 atom stereocenters. The average Bonchev–Trinajstić information content (AvgIpc) is 3.05. The second-order valence-corrected chi connectivity index (χ2v) is 6.51. The van der Waals surface area contributed by atoms with Crippen molar-refractivity contribution in [3.05, 3.63) is 59.7 Å². The van der Waals surface area contributed by atoms with Crippen molar-refractivity contribution >= 4 is 16.9 Å². The van der Waals surface area contributed by atoms with Crippen LogP contribution in [-0.4, -0.2) is 38.8 Å². The van der Waals surface area contributed by atoms with Crippen molar-refractivity contribution < 1.29 is 4.79 Å². The predicted octanol–water partition coefficient (Wildman–Crippen LogP) is 3.29. The van der Waals surface area contributed by atoms with E-state index in [9.17, 15) is 4.79 Å². The number of rotatable bonds is 2. The van der Waals surface area contributed by atoms with Gasteiger partial charge in [-0.2, -0.15) is 0 Å². The van der Waals surface area contributed by atoms with E-state index in [0.29, 0.717) is 11.5 Å². The van der Waals surface area contributed by atoms with E-state index in [1.807, 2.05) is 24.1 Å². The summed E-state index contributed by atoms with van der Waals surface area (Å²) in [6.07, 6.45) is 7.31. The van der Waals surface area contributed by atoms with Gasteiger partial charge in [0.05, 0.1) is 5.56 Å². The molecule has 4 heterocycles. The Balaban J connectivity index is 1.56. The third-order valence-electron chi connectivity index (χ3n) is 4.68. The van der Waals surface area contributed by atoms with Crippen molar-refractivity contribution in [1.29, 1.82) is 0 Å². The minimum absolute atomic E-state index is 0.0675. The summed E-state index contributed by atoms with van der Waals surface area (Å²) in [6, 6.07) is 7.96. The molecule has 1 N–H and O–H groups in total. The van der Waals surface area contributed by atoms with E-state index in [0.717, 1.165) is 42.5 Å². The van der Waals surface area contributed by atoms with Crippen LogP contribution in [0.4, 0.5) is 0 Å². The van der Waals surface area contributed by atoms with Crippen molar-refractivity contribution in [1.82, 2.24) is 19.9 Å². The van der Waals surface area contributed by atoms with Crippen LogP contribution in [0, 0.1) is 6.92 Å². The number of likely N-dealkylation sites (tertiary alicyclic amines) is 1. The fourth-order valence-electron chi connectivity index (χ4n) is 3.45. The van der Waals surface area contributed by atoms with E-state index in [-0.39, 0.29) is 5.91 Å². The summed E-state index contributed by atoms with van der Waals surface area (Å²) in [4.78, 5) is 26.5. The van der Waals surface area contributed by atoms with Gasteiger partial charge in [0.15, 0.2) is 0 Å². The van der Waals surface area contributed by atoms with E-state index in [1.54, 1.807) is 18.5 Å². The molecule has 1 unspecified atom stereocenters. The fraction of sp³-hybridized carbons (Fsp3) is 0.316. The number of carbonyl (C=O) groups excluding carboxylic acids is 1. The van der Waals surface area contributed by atoms with Gasteiger partial charge in [-0.1, -0.05) is 0 Å². The molecule has 24 heavy (non-hydrogen) atoms. The fourth-order valence-corrected chi connectivity index (χ4v) is 3.45. The molecule has 0 spiro atoms. The van der Waals surface area contributed by atoms with Crippen LogP contribution in [0.25, 0.3) is 11.0 Å². The van der Waals surface area contributed by atoms with Gasteiger partial charge >= 0.3 is 0 Å². The maximum Gasteiger partial charge on any atom is 0.255 e. The number of nitrogens with zero attached hydrogens (tertiary/aromatic N) is 3. The Hall–Kier alpha value is -2.69. The van der Waals surface area contributed by atoms with Crippen LogP contribution >= 0.6 is 0 Å². The SMILES string of the molecule is Cc1cnc2[nH]c(C3CCCN(C(=O)c4cccnc4)C3)cc2c1. The second kappa shape index (κ2) is 6.07. The van der Waals surface area contributed by atoms with Gasteiger partial charge < -0.3 is 9.88 Å². The zero-order chi connectivity index (χ0) is 16.5. The highest BCUT2D eigenvalue weighted by Gasteiger charge is 2.26. The Morgan fingerprint density at radius 3 is 3.08 bits per heavy atom. The van der Waals surface area contributed by atoms with Crippen molar-refractivity contribution in [2.45, 2.75) is 25.7 Å². The first-order chi connectivity index (χ1) is 11.7. The maximum atomic E-state index is 12.7. The molecule has 0 bridgehead atoms. The van der Waals surface area contributed by atoms with Gasteiger partial charge in [0.2, 0.25) is 0 Å². The van der Waals surface area contributed by atoms with E-state index in [4.69, 9.17) is 0 Å². The molecule has 1 aliphatic heterocycles. The number of pyridine rings is 2. The summed E-state index contributed by atoms with van der Waals surface area (Å²) >= 11 is 0. The number of aryl methyl sites for hydroxylation is 1. The maximum absolute atomic E-state index is 12.7. The molecule has 3 aromatic rings. The summed E-state index contributed by atoms with van der Waals surface area (Å²) in [6.45, 7) is 3.59. The lowest BCUT2D eigenvalue weighted by Crippen LogP contribution is -2.39. The Kier molecular flexibility index (Phi) is 3.76. The first kappa shape index (κ1) is 14.9. The molecule has 0 aliphatic carbocycles. The minimum Gasteiger partial charge on any atom is -0.343 e. The number of hydrogen-bond acceptors (Lipinski definition) is 3. The minimum atomic E-state index is 0.0675. The van der Waals surface area contributed by atoms with Gasteiger partial charge in [-0.15, -0.1) is 0 Å². The Morgan fingerprint density at radius 2 is 2.25 bits per heavy atom. The lowest BCUT2D eigenvalue weighted by molar-refractivity contribution is 0.0705. The van der Waals surface area contributed by atoms with Crippen molar-refractivity contribution in [2.24, 2.45) is 0 Å². The Morgan fingerprint density at radius 1 is 1.33 bits per heavy atom. The van der Waals surface area contributed by atoms with Crippen LogP contribution in [0.15, 0.2) is 42.9 Å². The molecule has 3 aromatic heterocycles. The predicted molar refractivity (Wildman–Crippen MR) is 92.9 cm³/mol. The monoisotopic (exact) mass is 320 g/mol. The highest BCUT2D eigenvalue weighted by molar-refractivity contribution is 5.94. The molecule has 4 rings (SSSR count). The zero-order valence-corrected chi connectivity index (χ0v) is 13.7. The smallest absolute Gasteiger partial charge is 0.255 e. The molecule has 122 valence electrons. The summed E-state index contributed by atoms with van der Waals surface area (Å²) < 4.78 is 0. The van der Waals surface area contributed by atoms with Gasteiger partial charge in [0.1, 0.15) is 5.65 Å². The summed E-state index contributed by atoms with van der Waals surface area (Å²) in [5.74, 6) is 0.395. The summed E-state index contributed by atoms with van der Waals surface area (Å²) in [7, 11) is 0. The highest BCUT2D eigenvalue weighted by Crippen LogP contribution is 2.29. The van der Waals surface area contributed by atoms with Crippen LogP contribution in [0.1, 0.15) is 40.4 Å². The largest absolute Gasteiger partial charge is 0.343 e. The number of aromatic amines is 1. The normalized spacial score (nSPS) is 18.0. The van der Waals surface area contributed by atoms with Gasteiger partial charge in [0.25, 0.3) is 5.91 Å². The van der Waals surface area contributed by atoms with Crippen LogP contribution in [0.3, 0.4) is 0 Å². The van der Waals surface area contributed by atoms with Crippen LogP contribution < -0.4 is 0 Å². The molecule has 1 saturated heterocycles. The lowest BCUT2D eigenvalue weighted by Gasteiger charge is -2.32. The van der Waals surface area contributed by atoms with Gasteiger partial charge in [0, 0.05) is 48.7 Å². The van der Waals surface area contributed by atoms with E-state index in [2.05, 4.69) is 27.1 Å². The van der Waals surface area contributed by atoms with Gasteiger partial charge in [-0.25, -0.2) is 4.98 Å². The molecular formula is C19H20N4O. The first-order valence-electron chi connectivity index (χ1n) is 8.35. The number of carbonyl (C=O) groups is 1. The highest BCUT2D eigenvalue weighted by atomic mass is 16.2. The molecule has 1 aliphatic rings. The molecule has 5 nitrogen and oxygen atoms in total. The third kappa shape index (κ3) is 2.77. The number of aromatic nitrogens is 3. The van der Waals surface area contributed by atoms with Crippen molar-refractivity contribution in [2.75, 3.05) is 13.1 Å². The number of amides is 1. The Bertz CT molecular complexity index is 871. The molecular weight excluding hydrogens is 300 g/mol. The molecule has 5 heteroatoms. The molecule has 0 saturated carbocycles. The van der Waals surface area contributed by atoms with Gasteiger partial charge in [-0.05, 0) is 49.6 Å². The Labute approximate surface area is 140 Å². The van der Waals surface area contributed by atoms with Crippen molar-refractivity contribution in [3.63, 3.8) is 0 Å². The topological polar surface area (TPSA) is 61.9 Å². The standard InChI is InChI=1S/C19H20N4O/c1-13-8-16-9-17(22-18(16)21-10-13)15-5-3-7-23(12-15)19(24)14-4-2-6-20-11-14/h2,4,6,8-11,15H,3,5,7,12H2,1H3,(H,21,22). The molecule has 1 amide bonds. The second-order valence-electron chi connectivity index (χ2n) is 6.51. The number of piperidine rings is 1. The molecule has 0 aromatic carbocycles. The van der Waals surface area contributed by atoms with E-state index >= 15 is 0 Å². The number of H-pyrrole nitrogens is 1. The number of fused-ring (bicyclic) bond motifs is 1. The van der Waals surface area contributed by atoms with Crippen LogP contribution in [0.2, 0.25) is 0 Å². The average molecular weight is 320 g/mol.